The summed E-state index contributed by atoms with van der Waals surface area (Å²) in [4.78, 5) is 33.1. The fraction of sp³-hybridized carbons (Fsp3) is 0.526. The first-order chi connectivity index (χ1) is 13.2. The van der Waals surface area contributed by atoms with E-state index in [1.165, 1.54) is 6.33 Å². The Hall–Kier alpha value is -2.77. The maximum Gasteiger partial charge on any atom is 0.219 e. The van der Waals surface area contributed by atoms with E-state index < -0.39 is 0 Å². The van der Waals surface area contributed by atoms with Crippen LogP contribution in [-0.2, 0) is 11.3 Å². The Labute approximate surface area is 159 Å². The molecule has 0 aromatic carbocycles. The minimum atomic E-state index is 0.0815. The number of amides is 1. The molecule has 0 unspecified atom stereocenters. The molecule has 1 fully saturated rings. The van der Waals surface area contributed by atoms with Gasteiger partial charge in [0.15, 0.2) is 0 Å². The first-order valence-electron chi connectivity index (χ1n) is 9.38. The summed E-state index contributed by atoms with van der Waals surface area (Å²) in [5, 5.41) is 0. The quantitative estimate of drug-likeness (QED) is 0.769. The monoisotopic (exact) mass is 370 g/mol. The molecule has 3 heterocycles. The molecule has 0 spiro atoms. The van der Waals surface area contributed by atoms with Crippen molar-refractivity contribution in [1.82, 2.24) is 24.8 Å². The number of carbonyl (C=O) groups is 1. The highest BCUT2D eigenvalue weighted by Crippen LogP contribution is 2.23. The maximum absolute atomic E-state index is 12.3. The predicted molar refractivity (Wildman–Crippen MR) is 101 cm³/mol. The van der Waals surface area contributed by atoms with Gasteiger partial charge in [0.25, 0.3) is 0 Å². The highest BCUT2D eigenvalue weighted by atomic mass is 16.5. The lowest BCUT2D eigenvalue weighted by Crippen LogP contribution is -2.39. The highest BCUT2D eigenvalue weighted by molar-refractivity contribution is 5.73. The van der Waals surface area contributed by atoms with E-state index in [9.17, 15) is 4.79 Å². The Bertz CT molecular complexity index is 742. The molecule has 8 nitrogen and oxygen atoms in total. The maximum atomic E-state index is 12.3. The predicted octanol–water partition coefficient (Wildman–Crippen LogP) is 2.07. The molecule has 27 heavy (non-hydrogen) atoms. The van der Waals surface area contributed by atoms with Crippen molar-refractivity contribution in [2.45, 2.75) is 45.7 Å². The Morgan fingerprint density at radius 3 is 2.78 bits per heavy atom. The van der Waals surface area contributed by atoms with E-state index in [1.807, 2.05) is 17.9 Å². The van der Waals surface area contributed by atoms with Crippen LogP contribution in [0.1, 0.15) is 38.7 Å². The smallest absolute Gasteiger partial charge is 0.219 e. The zero-order valence-corrected chi connectivity index (χ0v) is 15.9. The molecule has 1 aliphatic heterocycles. The molecular formula is C19H26N6O2. The zero-order valence-electron chi connectivity index (χ0n) is 15.9. The summed E-state index contributed by atoms with van der Waals surface area (Å²) in [7, 11) is 0. The van der Waals surface area contributed by atoms with Gasteiger partial charge in [0.2, 0.25) is 11.8 Å². The SMILES string of the molecule is CCOc1cc(N2CCC[C@@H](N(Cc3cncnc3)C(C)=O)CC2)ncn1. The van der Waals surface area contributed by atoms with Crippen molar-refractivity contribution in [3.05, 3.63) is 36.7 Å². The van der Waals surface area contributed by atoms with Crippen molar-refractivity contribution in [3.8, 4) is 5.88 Å². The topological polar surface area (TPSA) is 84.3 Å². The molecule has 1 atom stereocenters. The molecule has 2 aromatic rings. The molecule has 0 aliphatic carbocycles. The summed E-state index contributed by atoms with van der Waals surface area (Å²) in [5.74, 6) is 1.55. The summed E-state index contributed by atoms with van der Waals surface area (Å²) in [6.07, 6.45) is 9.43. The largest absolute Gasteiger partial charge is 0.478 e. The molecule has 0 N–H and O–H groups in total. The summed E-state index contributed by atoms with van der Waals surface area (Å²) < 4.78 is 5.48. The van der Waals surface area contributed by atoms with Crippen LogP contribution in [0.4, 0.5) is 5.82 Å². The first-order valence-corrected chi connectivity index (χ1v) is 9.38. The van der Waals surface area contributed by atoms with Gasteiger partial charge < -0.3 is 14.5 Å². The second-order valence-corrected chi connectivity index (χ2v) is 6.61. The lowest BCUT2D eigenvalue weighted by atomic mass is 10.1. The van der Waals surface area contributed by atoms with Gasteiger partial charge in [-0.15, -0.1) is 0 Å². The summed E-state index contributed by atoms with van der Waals surface area (Å²) in [6, 6.07) is 2.08. The second-order valence-electron chi connectivity index (χ2n) is 6.61. The molecule has 1 saturated heterocycles. The molecular weight excluding hydrogens is 344 g/mol. The average molecular weight is 370 g/mol. The number of hydrogen-bond donors (Lipinski definition) is 0. The van der Waals surface area contributed by atoms with Crippen LogP contribution < -0.4 is 9.64 Å². The van der Waals surface area contributed by atoms with Crippen LogP contribution >= 0.6 is 0 Å². The van der Waals surface area contributed by atoms with Gasteiger partial charge in [-0.25, -0.2) is 19.9 Å². The number of nitrogens with zero attached hydrogens (tertiary/aromatic N) is 6. The van der Waals surface area contributed by atoms with Crippen LogP contribution in [-0.4, -0.2) is 56.5 Å². The van der Waals surface area contributed by atoms with Gasteiger partial charge in [-0.3, -0.25) is 4.79 Å². The highest BCUT2D eigenvalue weighted by Gasteiger charge is 2.25. The van der Waals surface area contributed by atoms with E-state index in [0.29, 0.717) is 19.0 Å². The normalized spacial score (nSPS) is 17.3. The Kier molecular flexibility index (Phi) is 6.51. The van der Waals surface area contributed by atoms with Gasteiger partial charge in [0.05, 0.1) is 6.61 Å². The summed E-state index contributed by atoms with van der Waals surface area (Å²) >= 11 is 0. The third kappa shape index (κ3) is 5.12. The van der Waals surface area contributed by atoms with Crippen molar-refractivity contribution >= 4 is 11.7 Å². The number of rotatable bonds is 6. The van der Waals surface area contributed by atoms with Gasteiger partial charge in [-0.2, -0.15) is 0 Å². The number of carbonyl (C=O) groups excluding carboxylic acids is 1. The van der Waals surface area contributed by atoms with Crippen molar-refractivity contribution in [2.24, 2.45) is 0 Å². The van der Waals surface area contributed by atoms with Crippen LogP contribution in [0, 0.1) is 0 Å². The van der Waals surface area contributed by atoms with Gasteiger partial charge in [-0.1, -0.05) is 0 Å². The van der Waals surface area contributed by atoms with E-state index in [1.54, 1.807) is 25.6 Å². The van der Waals surface area contributed by atoms with Crippen molar-refractivity contribution in [3.63, 3.8) is 0 Å². The Morgan fingerprint density at radius 2 is 2.04 bits per heavy atom. The van der Waals surface area contributed by atoms with Gasteiger partial charge in [0.1, 0.15) is 18.5 Å². The van der Waals surface area contributed by atoms with Crippen LogP contribution in [0.15, 0.2) is 31.1 Å². The molecule has 8 heteroatoms. The Balaban J connectivity index is 1.67. The molecule has 0 bridgehead atoms. The lowest BCUT2D eigenvalue weighted by molar-refractivity contribution is -0.132. The lowest BCUT2D eigenvalue weighted by Gasteiger charge is -2.30. The number of hydrogen-bond acceptors (Lipinski definition) is 7. The molecule has 144 valence electrons. The van der Waals surface area contributed by atoms with Crippen molar-refractivity contribution in [2.75, 3.05) is 24.6 Å². The van der Waals surface area contributed by atoms with Gasteiger partial charge in [0, 0.05) is 56.6 Å². The third-order valence-electron chi connectivity index (χ3n) is 4.75. The molecule has 0 radical (unpaired) electrons. The van der Waals surface area contributed by atoms with Gasteiger partial charge >= 0.3 is 0 Å². The molecule has 2 aromatic heterocycles. The molecule has 1 amide bonds. The molecule has 0 saturated carbocycles. The molecule has 1 aliphatic rings. The van der Waals surface area contributed by atoms with Crippen LogP contribution in [0.2, 0.25) is 0 Å². The van der Waals surface area contributed by atoms with Crippen LogP contribution in [0.3, 0.4) is 0 Å². The fourth-order valence-electron chi connectivity index (χ4n) is 3.46. The average Bonchev–Trinajstić information content (AvgIpc) is 2.93. The van der Waals surface area contributed by atoms with E-state index >= 15 is 0 Å². The second kappa shape index (κ2) is 9.25. The van der Waals surface area contributed by atoms with Gasteiger partial charge in [-0.05, 0) is 26.2 Å². The molecule has 3 rings (SSSR count). The minimum absolute atomic E-state index is 0.0815. The zero-order chi connectivity index (χ0) is 19.1. The number of aromatic nitrogens is 4. The van der Waals surface area contributed by atoms with E-state index in [4.69, 9.17) is 4.74 Å². The van der Waals surface area contributed by atoms with E-state index in [-0.39, 0.29) is 11.9 Å². The number of anilines is 1. The standard InChI is InChI=1S/C19H26N6O2/c1-3-27-19-9-18(22-14-23-19)24-7-4-5-17(6-8-24)25(15(2)26)12-16-10-20-13-21-11-16/h9-11,13-14,17H,3-8,12H2,1-2H3/t17-/m1/s1. The van der Waals surface area contributed by atoms with Crippen molar-refractivity contribution in [1.29, 1.82) is 0 Å². The summed E-state index contributed by atoms with van der Waals surface area (Å²) in [5.41, 5.74) is 0.950. The Morgan fingerprint density at radius 1 is 1.22 bits per heavy atom. The summed E-state index contributed by atoms with van der Waals surface area (Å²) in [6.45, 7) is 6.43. The number of ether oxygens (including phenoxy) is 1. The third-order valence-corrected chi connectivity index (χ3v) is 4.75. The fourth-order valence-corrected chi connectivity index (χ4v) is 3.46. The van der Waals surface area contributed by atoms with Crippen LogP contribution in [0.5, 0.6) is 5.88 Å². The minimum Gasteiger partial charge on any atom is -0.478 e. The van der Waals surface area contributed by atoms with Crippen LogP contribution in [0.25, 0.3) is 0 Å². The first kappa shape index (κ1) is 19.0. The van der Waals surface area contributed by atoms with E-state index in [0.717, 1.165) is 43.7 Å². The van der Waals surface area contributed by atoms with Crippen molar-refractivity contribution < 1.29 is 9.53 Å². The van der Waals surface area contributed by atoms with E-state index in [2.05, 4.69) is 24.8 Å².